The van der Waals surface area contributed by atoms with E-state index in [0.29, 0.717) is 31.3 Å². The number of anilines is 1. The molecule has 2 unspecified atom stereocenters. The summed E-state index contributed by atoms with van der Waals surface area (Å²) in [6.45, 7) is 1.30. The van der Waals surface area contributed by atoms with Gasteiger partial charge in [-0.05, 0) is 44.2 Å². The number of benzene rings is 1. The molecule has 0 amide bonds. The molecule has 0 aliphatic carbocycles. The summed E-state index contributed by atoms with van der Waals surface area (Å²) in [7, 11) is 0. The quantitative estimate of drug-likeness (QED) is 0.853. The lowest BCUT2D eigenvalue weighted by Crippen LogP contribution is -2.55. The van der Waals surface area contributed by atoms with Crippen molar-refractivity contribution in [3.05, 3.63) is 18.2 Å². The van der Waals surface area contributed by atoms with E-state index in [0.717, 1.165) is 24.3 Å². The van der Waals surface area contributed by atoms with Crippen LogP contribution < -0.4 is 20.1 Å². The van der Waals surface area contributed by atoms with E-state index in [2.05, 4.69) is 17.0 Å². The van der Waals surface area contributed by atoms with Gasteiger partial charge in [-0.1, -0.05) is 0 Å². The second-order valence-corrected chi connectivity index (χ2v) is 6.21. The van der Waals surface area contributed by atoms with Crippen molar-refractivity contribution >= 4 is 5.69 Å². The molecule has 3 heterocycles. The first kappa shape index (κ1) is 12.3. The fraction of sp³-hybridized carbons (Fsp3) is 0.625. The van der Waals surface area contributed by atoms with Crippen molar-refractivity contribution in [2.24, 2.45) is 5.73 Å². The van der Waals surface area contributed by atoms with Crippen LogP contribution in [0.5, 0.6) is 11.5 Å². The van der Waals surface area contributed by atoms with Crippen LogP contribution in [0.25, 0.3) is 0 Å². The normalized spacial score (nSPS) is 32.0. The van der Waals surface area contributed by atoms with E-state index in [1.54, 1.807) is 0 Å². The Kier molecular flexibility index (Phi) is 2.99. The average molecular weight is 274 g/mol. The molecule has 0 saturated carbocycles. The maximum atomic E-state index is 6.20. The van der Waals surface area contributed by atoms with Gasteiger partial charge in [-0.15, -0.1) is 0 Å². The van der Waals surface area contributed by atoms with E-state index in [1.165, 1.54) is 24.9 Å². The molecule has 3 aliphatic heterocycles. The Labute approximate surface area is 119 Å². The Morgan fingerprint density at radius 2 is 1.70 bits per heavy atom. The van der Waals surface area contributed by atoms with Crippen LogP contribution in [0.3, 0.4) is 0 Å². The van der Waals surface area contributed by atoms with Crippen molar-refractivity contribution < 1.29 is 9.47 Å². The number of nitrogens with two attached hydrogens (primary N) is 1. The maximum Gasteiger partial charge on any atom is 0.163 e. The Morgan fingerprint density at radius 3 is 2.45 bits per heavy atom. The number of ether oxygens (including phenoxy) is 2. The number of hydrogen-bond acceptors (Lipinski definition) is 4. The molecule has 0 spiro atoms. The van der Waals surface area contributed by atoms with Crippen molar-refractivity contribution in [2.45, 2.75) is 50.2 Å². The second kappa shape index (κ2) is 4.85. The van der Waals surface area contributed by atoms with Gasteiger partial charge in [0.2, 0.25) is 0 Å². The summed E-state index contributed by atoms with van der Waals surface area (Å²) in [5.74, 6) is 1.76. The Hall–Kier alpha value is -1.42. The highest BCUT2D eigenvalue weighted by atomic mass is 16.6. The smallest absolute Gasteiger partial charge is 0.163 e. The molecule has 4 rings (SSSR count). The minimum atomic E-state index is 0.374. The molecule has 1 aromatic carbocycles. The van der Waals surface area contributed by atoms with Crippen molar-refractivity contribution in [3.8, 4) is 11.5 Å². The third kappa shape index (κ3) is 2.03. The van der Waals surface area contributed by atoms with Crippen molar-refractivity contribution in [3.63, 3.8) is 0 Å². The molecule has 0 radical (unpaired) electrons. The molecule has 108 valence electrons. The van der Waals surface area contributed by atoms with Crippen LogP contribution in [0.4, 0.5) is 5.69 Å². The third-order valence-electron chi connectivity index (χ3n) is 4.84. The molecule has 4 nitrogen and oxygen atoms in total. The second-order valence-electron chi connectivity index (χ2n) is 6.21. The predicted octanol–water partition coefficient (Wildman–Crippen LogP) is 2.31. The molecule has 20 heavy (non-hydrogen) atoms. The first-order valence-electron chi connectivity index (χ1n) is 7.75. The summed E-state index contributed by atoms with van der Waals surface area (Å²) in [5, 5.41) is 0. The Morgan fingerprint density at radius 1 is 1.00 bits per heavy atom. The van der Waals surface area contributed by atoms with Gasteiger partial charge in [-0.25, -0.2) is 0 Å². The van der Waals surface area contributed by atoms with E-state index >= 15 is 0 Å². The predicted molar refractivity (Wildman–Crippen MR) is 78.5 cm³/mol. The van der Waals surface area contributed by atoms with Crippen LogP contribution in [-0.4, -0.2) is 31.3 Å². The molecule has 2 fully saturated rings. The zero-order valence-electron chi connectivity index (χ0n) is 11.8. The highest BCUT2D eigenvalue weighted by Crippen LogP contribution is 2.41. The van der Waals surface area contributed by atoms with Crippen LogP contribution in [0.1, 0.15) is 32.1 Å². The monoisotopic (exact) mass is 274 g/mol. The lowest BCUT2D eigenvalue weighted by atomic mass is 9.81. The molecule has 2 saturated heterocycles. The van der Waals surface area contributed by atoms with Crippen molar-refractivity contribution in [2.75, 3.05) is 18.1 Å². The van der Waals surface area contributed by atoms with Gasteiger partial charge >= 0.3 is 0 Å². The highest BCUT2D eigenvalue weighted by Gasteiger charge is 2.37. The first-order valence-corrected chi connectivity index (χ1v) is 7.75. The number of nitrogens with zero attached hydrogens (tertiary/aromatic N) is 1. The van der Waals surface area contributed by atoms with Crippen molar-refractivity contribution in [1.29, 1.82) is 0 Å². The number of hydrogen-bond donors (Lipinski definition) is 1. The number of rotatable bonds is 1. The van der Waals surface area contributed by atoms with Crippen LogP contribution in [0.15, 0.2) is 18.2 Å². The van der Waals surface area contributed by atoms with E-state index in [1.807, 2.05) is 6.07 Å². The number of piperidine rings is 2. The minimum absolute atomic E-state index is 0.374. The van der Waals surface area contributed by atoms with Gasteiger partial charge in [-0.2, -0.15) is 0 Å². The fourth-order valence-corrected chi connectivity index (χ4v) is 4.04. The van der Waals surface area contributed by atoms with E-state index in [4.69, 9.17) is 15.2 Å². The van der Waals surface area contributed by atoms with E-state index < -0.39 is 0 Å². The molecule has 2 N–H and O–H groups in total. The molecular formula is C16H22N2O2. The summed E-state index contributed by atoms with van der Waals surface area (Å²) in [5.41, 5.74) is 7.48. The van der Waals surface area contributed by atoms with Gasteiger partial charge in [0.1, 0.15) is 13.2 Å². The molecule has 2 bridgehead atoms. The van der Waals surface area contributed by atoms with Gasteiger partial charge < -0.3 is 20.1 Å². The SMILES string of the molecule is NC1CC2CCCC(C1)N2c1ccc2c(c1)OCCO2. The van der Waals surface area contributed by atoms with Gasteiger partial charge in [0, 0.05) is 29.9 Å². The molecule has 3 aliphatic rings. The summed E-state index contributed by atoms with van der Waals surface area (Å²) in [6, 6.07) is 7.94. The van der Waals surface area contributed by atoms with E-state index in [-0.39, 0.29) is 0 Å². The van der Waals surface area contributed by atoms with Gasteiger partial charge in [0.05, 0.1) is 0 Å². The Bertz CT molecular complexity index is 491. The van der Waals surface area contributed by atoms with Crippen LogP contribution in [-0.2, 0) is 0 Å². The van der Waals surface area contributed by atoms with E-state index in [9.17, 15) is 0 Å². The number of fused-ring (bicyclic) bond motifs is 3. The standard InChI is InChI=1S/C16H22N2O2/c17-11-8-12-2-1-3-13(9-11)18(12)14-4-5-15-16(10-14)20-7-6-19-15/h4-5,10-13H,1-3,6-9,17H2. The highest BCUT2D eigenvalue weighted by molar-refractivity contribution is 5.58. The molecular weight excluding hydrogens is 252 g/mol. The largest absolute Gasteiger partial charge is 0.486 e. The van der Waals surface area contributed by atoms with Gasteiger partial charge in [-0.3, -0.25) is 0 Å². The molecule has 4 heteroatoms. The molecule has 0 aromatic heterocycles. The van der Waals surface area contributed by atoms with Gasteiger partial charge in [0.15, 0.2) is 11.5 Å². The molecule has 1 aromatic rings. The zero-order chi connectivity index (χ0) is 13.5. The van der Waals surface area contributed by atoms with Crippen LogP contribution in [0, 0.1) is 0 Å². The average Bonchev–Trinajstić information content (AvgIpc) is 2.46. The zero-order valence-corrected chi connectivity index (χ0v) is 11.8. The van der Waals surface area contributed by atoms with Crippen LogP contribution >= 0.6 is 0 Å². The summed E-state index contributed by atoms with van der Waals surface area (Å²) in [4.78, 5) is 2.59. The van der Waals surface area contributed by atoms with Crippen LogP contribution in [0.2, 0.25) is 0 Å². The lowest BCUT2D eigenvalue weighted by Gasteiger charge is -2.49. The lowest BCUT2D eigenvalue weighted by molar-refractivity contribution is 0.171. The topological polar surface area (TPSA) is 47.7 Å². The Balaban J connectivity index is 1.66. The first-order chi connectivity index (χ1) is 9.81. The summed E-state index contributed by atoms with van der Waals surface area (Å²) < 4.78 is 11.3. The summed E-state index contributed by atoms with van der Waals surface area (Å²) >= 11 is 0. The minimum Gasteiger partial charge on any atom is -0.486 e. The maximum absolute atomic E-state index is 6.20. The van der Waals surface area contributed by atoms with Crippen molar-refractivity contribution in [1.82, 2.24) is 0 Å². The summed E-state index contributed by atoms with van der Waals surface area (Å²) in [6.07, 6.45) is 6.09. The fourth-order valence-electron chi connectivity index (χ4n) is 4.04. The van der Waals surface area contributed by atoms with Gasteiger partial charge in [0.25, 0.3) is 0 Å². The third-order valence-corrected chi connectivity index (χ3v) is 4.84. The molecule has 2 atom stereocenters.